The van der Waals surface area contributed by atoms with Crippen molar-refractivity contribution in [2.75, 3.05) is 19.6 Å². The Balaban J connectivity index is 2.15. The van der Waals surface area contributed by atoms with Gasteiger partial charge < -0.3 is 10.6 Å². The molecular weight excluding hydrogens is 200 g/mol. The first-order valence-corrected chi connectivity index (χ1v) is 6.37. The van der Waals surface area contributed by atoms with E-state index in [-0.39, 0.29) is 11.8 Å². The van der Waals surface area contributed by atoms with E-state index in [0.717, 1.165) is 32.5 Å². The van der Waals surface area contributed by atoms with Gasteiger partial charge in [-0.05, 0) is 31.7 Å². The molecule has 0 aromatic rings. The molecule has 3 nitrogen and oxygen atoms in total. The Kier molecular flexibility index (Phi) is 6.16. The molecule has 0 heterocycles. The molecule has 1 amide bonds. The first-order chi connectivity index (χ1) is 7.74. The van der Waals surface area contributed by atoms with Gasteiger partial charge in [-0.3, -0.25) is 4.79 Å². The Bertz CT molecular complexity index is 238. The molecule has 3 heteroatoms. The molecule has 0 radical (unpaired) electrons. The van der Waals surface area contributed by atoms with E-state index in [9.17, 15) is 4.79 Å². The molecule has 0 aliphatic heterocycles. The third-order valence-electron chi connectivity index (χ3n) is 3.09. The van der Waals surface area contributed by atoms with Crippen LogP contribution in [-0.2, 0) is 4.79 Å². The van der Waals surface area contributed by atoms with Crippen LogP contribution in [0.2, 0.25) is 0 Å². The first-order valence-electron chi connectivity index (χ1n) is 6.37. The van der Waals surface area contributed by atoms with Crippen molar-refractivity contribution < 1.29 is 4.79 Å². The van der Waals surface area contributed by atoms with Crippen LogP contribution in [-0.4, -0.2) is 25.5 Å². The van der Waals surface area contributed by atoms with Gasteiger partial charge in [0.2, 0.25) is 5.91 Å². The van der Waals surface area contributed by atoms with Gasteiger partial charge in [-0.25, -0.2) is 0 Å². The SMILES string of the molecule is CCNCC(C)C(=O)NCC1CC=CCC1. The molecule has 2 atom stereocenters. The summed E-state index contributed by atoms with van der Waals surface area (Å²) < 4.78 is 0. The van der Waals surface area contributed by atoms with E-state index in [4.69, 9.17) is 0 Å². The maximum absolute atomic E-state index is 11.7. The lowest BCUT2D eigenvalue weighted by molar-refractivity contribution is -0.124. The number of allylic oxidation sites excluding steroid dienone is 2. The van der Waals surface area contributed by atoms with Crippen molar-refractivity contribution in [3.05, 3.63) is 12.2 Å². The standard InChI is InChI=1S/C13H24N2O/c1-3-14-9-11(2)13(16)15-10-12-7-5-4-6-8-12/h4-5,11-12,14H,3,6-10H2,1-2H3,(H,15,16). The summed E-state index contributed by atoms with van der Waals surface area (Å²) >= 11 is 0. The van der Waals surface area contributed by atoms with Crippen molar-refractivity contribution in [1.29, 1.82) is 0 Å². The van der Waals surface area contributed by atoms with Gasteiger partial charge in [0.1, 0.15) is 0 Å². The summed E-state index contributed by atoms with van der Waals surface area (Å²) in [6.07, 6.45) is 7.93. The van der Waals surface area contributed by atoms with Crippen LogP contribution in [0.25, 0.3) is 0 Å². The summed E-state index contributed by atoms with van der Waals surface area (Å²) in [5.74, 6) is 0.884. The van der Waals surface area contributed by atoms with E-state index in [1.54, 1.807) is 0 Å². The van der Waals surface area contributed by atoms with E-state index in [1.165, 1.54) is 6.42 Å². The number of amides is 1. The monoisotopic (exact) mass is 224 g/mol. The topological polar surface area (TPSA) is 41.1 Å². The summed E-state index contributed by atoms with van der Waals surface area (Å²) in [6, 6.07) is 0. The smallest absolute Gasteiger partial charge is 0.224 e. The maximum atomic E-state index is 11.7. The van der Waals surface area contributed by atoms with Crippen LogP contribution in [0.4, 0.5) is 0 Å². The number of carbonyl (C=O) groups excluding carboxylic acids is 1. The second kappa shape index (κ2) is 7.44. The Morgan fingerprint density at radius 2 is 2.31 bits per heavy atom. The fourth-order valence-corrected chi connectivity index (χ4v) is 1.91. The Morgan fingerprint density at radius 3 is 2.94 bits per heavy atom. The molecule has 0 bridgehead atoms. The lowest BCUT2D eigenvalue weighted by Crippen LogP contribution is -2.37. The zero-order valence-electron chi connectivity index (χ0n) is 10.5. The van der Waals surface area contributed by atoms with Crippen LogP contribution < -0.4 is 10.6 Å². The number of hydrogen-bond acceptors (Lipinski definition) is 2. The average Bonchev–Trinajstić information content (AvgIpc) is 2.34. The predicted octanol–water partition coefficient (Wildman–Crippen LogP) is 1.70. The number of nitrogens with one attached hydrogen (secondary N) is 2. The van der Waals surface area contributed by atoms with Crippen LogP contribution in [0.15, 0.2) is 12.2 Å². The minimum atomic E-state index is 0.0686. The molecular formula is C13H24N2O. The lowest BCUT2D eigenvalue weighted by atomic mass is 9.94. The lowest BCUT2D eigenvalue weighted by Gasteiger charge is -2.19. The van der Waals surface area contributed by atoms with Crippen LogP contribution in [0.1, 0.15) is 33.1 Å². The molecule has 92 valence electrons. The molecule has 0 fully saturated rings. The van der Waals surface area contributed by atoms with E-state index in [0.29, 0.717) is 5.92 Å². The maximum Gasteiger partial charge on any atom is 0.224 e. The molecule has 0 saturated heterocycles. The Hall–Kier alpha value is -0.830. The first kappa shape index (κ1) is 13.2. The quantitative estimate of drug-likeness (QED) is 0.674. The third-order valence-corrected chi connectivity index (χ3v) is 3.09. The molecule has 0 spiro atoms. The Morgan fingerprint density at radius 1 is 1.50 bits per heavy atom. The zero-order valence-corrected chi connectivity index (χ0v) is 10.5. The molecule has 2 unspecified atom stereocenters. The van der Waals surface area contributed by atoms with Crippen molar-refractivity contribution >= 4 is 5.91 Å². The molecule has 16 heavy (non-hydrogen) atoms. The average molecular weight is 224 g/mol. The largest absolute Gasteiger partial charge is 0.356 e. The summed E-state index contributed by atoms with van der Waals surface area (Å²) in [5.41, 5.74) is 0. The van der Waals surface area contributed by atoms with Crippen molar-refractivity contribution in [2.24, 2.45) is 11.8 Å². The van der Waals surface area contributed by atoms with Crippen molar-refractivity contribution in [2.45, 2.75) is 33.1 Å². The van der Waals surface area contributed by atoms with Gasteiger partial charge in [-0.1, -0.05) is 26.0 Å². The van der Waals surface area contributed by atoms with E-state index in [2.05, 4.69) is 29.7 Å². The van der Waals surface area contributed by atoms with E-state index < -0.39 is 0 Å². The van der Waals surface area contributed by atoms with Crippen LogP contribution in [0.5, 0.6) is 0 Å². The van der Waals surface area contributed by atoms with Gasteiger partial charge >= 0.3 is 0 Å². The summed E-state index contributed by atoms with van der Waals surface area (Å²) in [5, 5.41) is 6.24. The highest BCUT2D eigenvalue weighted by Gasteiger charge is 2.15. The predicted molar refractivity (Wildman–Crippen MR) is 67.2 cm³/mol. The molecule has 0 saturated carbocycles. The van der Waals surface area contributed by atoms with Gasteiger partial charge in [0.25, 0.3) is 0 Å². The minimum Gasteiger partial charge on any atom is -0.356 e. The van der Waals surface area contributed by atoms with Gasteiger partial charge in [-0.15, -0.1) is 0 Å². The summed E-state index contributed by atoms with van der Waals surface area (Å²) in [7, 11) is 0. The highest BCUT2D eigenvalue weighted by atomic mass is 16.1. The third kappa shape index (κ3) is 4.79. The van der Waals surface area contributed by atoms with Crippen LogP contribution in [0.3, 0.4) is 0 Å². The van der Waals surface area contributed by atoms with Crippen molar-refractivity contribution in [1.82, 2.24) is 10.6 Å². The molecule has 1 rings (SSSR count). The van der Waals surface area contributed by atoms with E-state index >= 15 is 0 Å². The number of carbonyl (C=O) groups is 1. The Labute approximate surface area is 98.7 Å². The van der Waals surface area contributed by atoms with Gasteiger partial charge in [-0.2, -0.15) is 0 Å². The number of rotatable bonds is 6. The normalized spacial score (nSPS) is 21.8. The summed E-state index contributed by atoms with van der Waals surface area (Å²) in [6.45, 7) is 6.55. The molecule has 1 aliphatic rings. The molecule has 2 N–H and O–H groups in total. The van der Waals surface area contributed by atoms with E-state index in [1.807, 2.05) is 6.92 Å². The summed E-state index contributed by atoms with van der Waals surface area (Å²) in [4.78, 5) is 11.7. The molecule has 0 aromatic carbocycles. The fraction of sp³-hybridized carbons (Fsp3) is 0.769. The number of hydrogen-bond donors (Lipinski definition) is 2. The van der Waals surface area contributed by atoms with Crippen molar-refractivity contribution in [3.63, 3.8) is 0 Å². The minimum absolute atomic E-state index is 0.0686. The highest BCUT2D eigenvalue weighted by molar-refractivity contribution is 5.78. The van der Waals surface area contributed by atoms with Crippen LogP contribution >= 0.6 is 0 Å². The van der Waals surface area contributed by atoms with Crippen molar-refractivity contribution in [3.8, 4) is 0 Å². The highest BCUT2D eigenvalue weighted by Crippen LogP contribution is 2.16. The molecule has 1 aliphatic carbocycles. The second-order valence-electron chi connectivity index (χ2n) is 4.60. The van der Waals surface area contributed by atoms with Crippen LogP contribution in [0, 0.1) is 11.8 Å². The second-order valence-corrected chi connectivity index (χ2v) is 4.60. The fourth-order valence-electron chi connectivity index (χ4n) is 1.91. The van der Waals surface area contributed by atoms with Gasteiger partial charge in [0.15, 0.2) is 0 Å². The van der Waals surface area contributed by atoms with Gasteiger partial charge in [0, 0.05) is 19.0 Å². The van der Waals surface area contributed by atoms with Gasteiger partial charge in [0.05, 0.1) is 0 Å². The zero-order chi connectivity index (χ0) is 11.8. The molecule has 0 aromatic heterocycles.